The second-order valence-electron chi connectivity index (χ2n) is 3.23. The third-order valence-electron chi connectivity index (χ3n) is 0.736. The molecular weight excluding hydrogens is 222 g/mol. The largest absolute Gasteiger partial charge is 0.480 e. The summed E-state index contributed by atoms with van der Waals surface area (Å²) < 4.78 is 9.97. The van der Waals surface area contributed by atoms with Crippen LogP contribution in [-0.2, 0) is 15.5 Å². The lowest BCUT2D eigenvalue weighted by Crippen LogP contribution is -2.11. The highest BCUT2D eigenvalue weighted by Crippen LogP contribution is 2.73. The van der Waals surface area contributed by atoms with Crippen molar-refractivity contribution in [2.45, 2.75) is 25.5 Å². The smallest absolute Gasteiger partial charge is 0.315 e. The molecule has 0 aromatic heterocycles. The average molecular weight is 235 g/mol. The molecule has 0 aliphatic rings. The second-order valence-corrected chi connectivity index (χ2v) is 12.8. The minimum Gasteiger partial charge on any atom is -0.315 e. The predicted octanol–water partition coefficient (Wildman–Crippen LogP) is 0.707. The number of rotatable bonds is 1. The van der Waals surface area contributed by atoms with Crippen LogP contribution in [0.4, 0.5) is 0 Å². The molecule has 5 nitrogen and oxygen atoms in total. The van der Waals surface area contributed by atoms with Gasteiger partial charge in [0.15, 0.2) is 4.75 Å². The van der Waals surface area contributed by atoms with Crippen LogP contribution in [0.2, 0.25) is 0 Å². The SMILES string of the molecule is CC(C)(C)[S+]=P(O)(O)P(=O)(O)O. The van der Waals surface area contributed by atoms with Crippen molar-refractivity contribution in [1.29, 1.82) is 0 Å². The van der Waals surface area contributed by atoms with Gasteiger partial charge >= 0.3 is 13.5 Å². The zero-order valence-electron chi connectivity index (χ0n) is 7.00. The lowest BCUT2D eigenvalue weighted by Gasteiger charge is -2.06. The molecule has 0 radical (unpaired) electrons. The molecule has 0 aromatic rings. The van der Waals surface area contributed by atoms with E-state index in [2.05, 4.69) is 0 Å². The summed E-state index contributed by atoms with van der Waals surface area (Å²) in [7, 11) is -4.25. The molecule has 0 bridgehead atoms. The second kappa shape index (κ2) is 3.46. The molecule has 0 saturated heterocycles. The maximum atomic E-state index is 10.6. The maximum Gasteiger partial charge on any atom is 0.480 e. The van der Waals surface area contributed by atoms with Crippen LogP contribution in [0.15, 0.2) is 0 Å². The maximum absolute atomic E-state index is 10.6. The van der Waals surface area contributed by atoms with Gasteiger partial charge in [-0.3, -0.25) is 0 Å². The third-order valence-corrected chi connectivity index (χ3v) is 9.27. The molecule has 12 heavy (non-hydrogen) atoms. The van der Waals surface area contributed by atoms with E-state index in [-0.39, 0.29) is 0 Å². The Morgan fingerprint density at radius 1 is 1.08 bits per heavy atom. The lowest BCUT2D eigenvalue weighted by molar-refractivity contribution is 0.375. The van der Waals surface area contributed by atoms with E-state index in [9.17, 15) is 4.57 Å². The molecule has 0 aromatic carbocycles. The standard InChI is InChI=1S/C4H12O5P2S/c1-4(2,3)12-11(8,9)10(5,6)7/h1-3H3,(H3-,5,6,7,8,9)/p+1. The van der Waals surface area contributed by atoms with Crippen molar-refractivity contribution in [2.75, 3.05) is 0 Å². The molecule has 4 N–H and O–H groups in total. The molecule has 0 fully saturated rings. The molecule has 0 aliphatic heterocycles. The molecule has 74 valence electrons. The van der Waals surface area contributed by atoms with Crippen molar-refractivity contribution in [2.24, 2.45) is 0 Å². The van der Waals surface area contributed by atoms with Crippen molar-refractivity contribution in [1.82, 2.24) is 0 Å². The molecule has 0 amide bonds. The van der Waals surface area contributed by atoms with E-state index >= 15 is 0 Å². The van der Waals surface area contributed by atoms with Crippen molar-refractivity contribution in [3.05, 3.63) is 0 Å². The van der Waals surface area contributed by atoms with E-state index in [1.165, 1.54) is 0 Å². The average Bonchev–Trinajstić information content (AvgIpc) is 1.52. The van der Waals surface area contributed by atoms with Crippen LogP contribution in [0.1, 0.15) is 20.8 Å². The van der Waals surface area contributed by atoms with Gasteiger partial charge in [0.2, 0.25) is 10.9 Å². The van der Waals surface area contributed by atoms with Gasteiger partial charge in [0.25, 0.3) is 0 Å². The van der Waals surface area contributed by atoms with E-state index in [1.807, 2.05) is 0 Å². The fraction of sp³-hybridized carbons (Fsp3) is 1.00. The monoisotopic (exact) mass is 235 g/mol. The van der Waals surface area contributed by atoms with E-state index in [0.717, 1.165) is 0 Å². The predicted molar refractivity (Wildman–Crippen MR) is 50.5 cm³/mol. The highest BCUT2D eigenvalue weighted by molar-refractivity contribution is 8.50. The fourth-order valence-electron chi connectivity index (χ4n) is 0.421. The summed E-state index contributed by atoms with van der Waals surface area (Å²) in [6.45, 7) is 4.94. The molecule has 0 saturated carbocycles. The Labute approximate surface area is 74.6 Å². The van der Waals surface area contributed by atoms with Gasteiger partial charge < -0.3 is 19.6 Å². The van der Waals surface area contributed by atoms with Crippen LogP contribution in [0, 0.1) is 0 Å². The molecule has 0 atom stereocenters. The zero-order valence-corrected chi connectivity index (χ0v) is 9.61. The van der Waals surface area contributed by atoms with Gasteiger partial charge in [0, 0.05) is 0 Å². The highest BCUT2D eigenvalue weighted by Gasteiger charge is 2.48. The molecule has 8 heteroatoms. The topological polar surface area (TPSA) is 98.0 Å². The first-order chi connectivity index (χ1) is 4.96. The molecule has 0 heterocycles. The molecule has 0 aliphatic carbocycles. The summed E-state index contributed by atoms with van der Waals surface area (Å²) in [6, 6.07) is 0. The Morgan fingerprint density at radius 2 is 1.42 bits per heavy atom. The third kappa shape index (κ3) is 4.10. The van der Waals surface area contributed by atoms with Crippen LogP contribution in [0.3, 0.4) is 0 Å². The van der Waals surface area contributed by atoms with Gasteiger partial charge in [-0.25, -0.2) is 4.57 Å². The van der Waals surface area contributed by atoms with Gasteiger partial charge in [-0.2, -0.15) is 0 Å². The van der Waals surface area contributed by atoms with Crippen molar-refractivity contribution < 1.29 is 24.1 Å². The molecular formula is C4H13O5P2S+. The zero-order chi connectivity index (χ0) is 10.2. The van der Waals surface area contributed by atoms with Gasteiger partial charge in [-0.15, -0.1) is 0 Å². The summed E-state index contributed by atoms with van der Waals surface area (Å²) in [4.78, 5) is 35.2. The summed E-state index contributed by atoms with van der Waals surface area (Å²) in [5.74, 6) is 0. The van der Waals surface area contributed by atoms with Crippen LogP contribution in [-0.4, -0.2) is 24.3 Å². The first-order valence-electron chi connectivity index (χ1n) is 3.07. The normalized spacial score (nSPS) is 14.6. The Bertz CT molecular complexity index is 255. The van der Waals surface area contributed by atoms with Crippen LogP contribution < -0.4 is 0 Å². The van der Waals surface area contributed by atoms with Crippen molar-refractivity contribution in [3.8, 4) is 0 Å². The minimum atomic E-state index is -4.78. The Morgan fingerprint density at radius 3 is 1.50 bits per heavy atom. The Kier molecular flexibility index (Phi) is 3.67. The first-order valence-corrected chi connectivity index (χ1v) is 8.50. The van der Waals surface area contributed by atoms with Gasteiger partial charge in [0.1, 0.15) is 0 Å². The van der Waals surface area contributed by atoms with Crippen LogP contribution in [0.25, 0.3) is 0 Å². The summed E-state index contributed by atoms with van der Waals surface area (Å²) >= 11 is 0. The van der Waals surface area contributed by atoms with Gasteiger partial charge in [-0.1, -0.05) is 0 Å². The Balaban J connectivity index is 5.13. The van der Waals surface area contributed by atoms with Crippen molar-refractivity contribution in [3.63, 3.8) is 0 Å². The highest BCUT2D eigenvalue weighted by atomic mass is 32.7. The van der Waals surface area contributed by atoms with Gasteiger partial charge in [0.05, 0.1) is 0 Å². The van der Waals surface area contributed by atoms with E-state index < -0.39 is 18.2 Å². The Hall–Kier alpha value is 0.720. The molecule has 0 unspecified atom stereocenters. The quantitative estimate of drug-likeness (QED) is 0.396. The first kappa shape index (κ1) is 12.7. The minimum absolute atomic E-state index is 0.525. The summed E-state index contributed by atoms with van der Waals surface area (Å²) in [5.41, 5.74) is 0. The lowest BCUT2D eigenvalue weighted by atomic mass is 10.3. The number of hydrogen-bond donors (Lipinski definition) is 4. The summed E-state index contributed by atoms with van der Waals surface area (Å²) in [6.07, 6.45) is -4.16. The van der Waals surface area contributed by atoms with Crippen LogP contribution in [0.5, 0.6) is 0 Å². The van der Waals surface area contributed by atoms with Crippen molar-refractivity contribution >= 4 is 24.4 Å². The van der Waals surface area contributed by atoms with E-state index in [1.54, 1.807) is 20.8 Å². The number of hydrogen-bond acceptors (Lipinski definition) is 1. The molecule has 0 rings (SSSR count). The van der Waals surface area contributed by atoms with Gasteiger partial charge in [-0.05, 0) is 20.8 Å². The molecule has 0 spiro atoms. The van der Waals surface area contributed by atoms with E-state index in [4.69, 9.17) is 19.6 Å². The van der Waals surface area contributed by atoms with E-state index in [0.29, 0.717) is 10.9 Å². The summed E-state index contributed by atoms with van der Waals surface area (Å²) in [5, 5.41) is 0. The fourth-order valence-corrected chi connectivity index (χ4v) is 6.95. The van der Waals surface area contributed by atoms with Crippen LogP contribution >= 0.6 is 13.5 Å².